The van der Waals surface area contributed by atoms with Crippen molar-refractivity contribution in [1.29, 1.82) is 10.5 Å². The largest absolute Gasteiger partial charge is 0.336 e. The van der Waals surface area contributed by atoms with Gasteiger partial charge in [-0.15, -0.1) is 0 Å². The predicted octanol–water partition coefficient (Wildman–Crippen LogP) is 2.17. The molecule has 0 atom stereocenters. The Bertz CT molecular complexity index is 610. The third kappa shape index (κ3) is 4.02. The molecule has 1 aromatic rings. The average Bonchev–Trinajstić information content (AvgIpc) is 2.46. The molecule has 108 valence electrons. The quantitative estimate of drug-likeness (QED) is 0.587. The normalized spacial score (nSPS) is 9.48. The molecular formula is C14H14N4O3. The number of nitriles is 2. The van der Waals surface area contributed by atoms with Crippen LogP contribution in [0.15, 0.2) is 18.2 Å². The Morgan fingerprint density at radius 2 is 1.86 bits per heavy atom. The van der Waals surface area contributed by atoms with E-state index in [0.29, 0.717) is 5.56 Å². The van der Waals surface area contributed by atoms with E-state index in [-0.39, 0.29) is 37.2 Å². The van der Waals surface area contributed by atoms with Gasteiger partial charge in [0.2, 0.25) is 0 Å². The highest BCUT2D eigenvalue weighted by Gasteiger charge is 2.25. The summed E-state index contributed by atoms with van der Waals surface area (Å²) in [5.74, 6) is -0.532. The lowest BCUT2D eigenvalue weighted by molar-refractivity contribution is -0.385. The van der Waals surface area contributed by atoms with Crippen molar-refractivity contribution in [3.63, 3.8) is 0 Å². The molecule has 0 aliphatic rings. The van der Waals surface area contributed by atoms with Crippen LogP contribution in [0.2, 0.25) is 0 Å². The van der Waals surface area contributed by atoms with Gasteiger partial charge < -0.3 is 4.90 Å². The number of hydrogen-bond donors (Lipinski definition) is 0. The third-order valence-corrected chi connectivity index (χ3v) is 2.93. The molecule has 0 bridgehead atoms. The SMILES string of the molecule is Cc1cccc(C(=O)N(CCC#N)CCC#N)c1[N+](=O)[O-]. The van der Waals surface area contributed by atoms with Crippen LogP contribution in [0.3, 0.4) is 0 Å². The molecular weight excluding hydrogens is 272 g/mol. The number of carbonyl (C=O) groups excluding carboxylic acids is 1. The van der Waals surface area contributed by atoms with Crippen LogP contribution in [0.1, 0.15) is 28.8 Å². The molecule has 0 unspecified atom stereocenters. The van der Waals surface area contributed by atoms with E-state index < -0.39 is 10.8 Å². The van der Waals surface area contributed by atoms with Crippen LogP contribution in [0.5, 0.6) is 0 Å². The Morgan fingerprint density at radius 3 is 2.33 bits per heavy atom. The topological polar surface area (TPSA) is 111 Å². The summed E-state index contributed by atoms with van der Waals surface area (Å²) in [6.45, 7) is 1.84. The minimum atomic E-state index is -0.588. The van der Waals surface area contributed by atoms with Crippen molar-refractivity contribution in [3.8, 4) is 12.1 Å². The molecule has 0 aliphatic carbocycles. The van der Waals surface area contributed by atoms with Gasteiger partial charge in [-0.05, 0) is 13.0 Å². The second kappa shape index (κ2) is 7.61. The van der Waals surface area contributed by atoms with Crippen LogP contribution in [-0.2, 0) is 0 Å². The highest BCUT2D eigenvalue weighted by Crippen LogP contribution is 2.24. The summed E-state index contributed by atoms with van der Waals surface area (Å²) < 4.78 is 0. The Labute approximate surface area is 122 Å². The summed E-state index contributed by atoms with van der Waals surface area (Å²) in [6.07, 6.45) is 0.216. The molecule has 1 rings (SSSR count). The van der Waals surface area contributed by atoms with Gasteiger partial charge in [0, 0.05) is 18.7 Å². The molecule has 0 N–H and O–H groups in total. The van der Waals surface area contributed by atoms with Gasteiger partial charge in [-0.3, -0.25) is 14.9 Å². The van der Waals surface area contributed by atoms with Gasteiger partial charge in [0.1, 0.15) is 5.56 Å². The van der Waals surface area contributed by atoms with Crippen LogP contribution >= 0.6 is 0 Å². The number of hydrogen-bond acceptors (Lipinski definition) is 5. The molecule has 1 aromatic carbocycles. The molecule has 0 aliphatic heterocycles. The van der Waals surface area contributed by atoms with E-state index in [1.807, 2.05) is 12.1 Å². The molecule has 7 nitrogen and oxygen atoms in total. The lowest BCUT2D eigenvalue weighted by Crippen LogP contribution is -2.33. The van der Waals surface area contributed by atoms with Gasteiger partial charge in [-0.25, -0.2) is 0 Å². The van der Waals surface area contributed by atoms with Crippen LogP contribution in [0, 0.1) is 39.7 Å². The smallest absolute Gasteiger partial charge is 0.285 e. The van der Waals surface area contributed by atoms with Gasteiger partial charge in [-0.2, -0.15) is 10.5 Å². The van der Waals surface area contributed by atoms with Crippen LogP contribution in [0.25, 0.3) is 0 Å². The van der Waals surface area contributed by atoms with Gasteiger partial charge >= 0.3 is 0 Å². The molecule has 0 aromatic heterocycles. The zero-order chi connectivity index (χ0) is 15.8. The van der Waals surface area contributed by atoms with E-state index >= 15 is 0 Å². The first-order valence-electron chi connectivity index (χ1n) is 6.30. The minimum Gasteiger partial charge on any atom is -0.336 e. The van der Waals surface area contributed by atoms with E-state index in [2.05, 4.69) is 0 Å². The molecule has 7 heteroatoms. The van der Waals surface area contributed by atoms with Crippen molar-refractivity contribution in [1.82, 2.24) is 4.90 Å². The van der Waals surface area contributed by atoms with Crippen molar-refractivity contribution in [3.05, 3.63) is 39.4 Å². The number of nitro groups is 1. The summed E-state index contributed by atoms with van der Waals surface area (Å²) in [5.41, 5.74) is 0.142. The average molecular weight is 286 g/mol. The van der Waals surface area contributed by atoms with Crippen LogP contribution in [-0.4, -0.2) is 28.8 Å². The summed E-state index contributed by atoms with van der Waals surface area (Å²) in [7, 11) is 0. The van der Waals surface area contributed by atoms with E-state index in [4.69, 9.17) is 10.5 Å². The number of para-hydroxylation sites is 1. The summed E-state index contributed by atoms with van der Waals surface area (Å²) in [4.78, 5) is 24.3. The number of rotatable bonds is 6. The van der Waals surface area contributed by atoms with Gasteiger partial charge in [0.15, 0.2) is 0 Å². The van der Waals surface area contributed by atoms with E-state index in [0.717, 1.165) is 0 Å². The van der Waals surface area contributed by atoms with E-state index in [1.165, 1.54) is 11.0 Å². The van der Waals surface area contributed by atoms with Crippen molar-refractivity contribution in [2.45, 2.75) is 19.8 Å². The van der Waals surface area contributed by atoms with Gasteiger partial charge in [0.25, 0.3) is 11.6 Å². The lowest BCUT2D eigenvalue weighted by Gasteiger charge is -2.20. The fraction of sp³-hybridized carbons (Fsp3) is 0.357. The Kier molecular flexibility index (Phi) is 5.84. The highest BCUT2D eigenvalue weighted by molar-refractivity contribution is 5.98. The van der Waals surface area contributed by atoms with Crippen LogP contribution < -0.4 is 0 Å². The summed E-state index contributed by atoms with van der Waals surface area (Å²) in [6, 6.07) is 8.36. The van der Waals surface area contributed by atoms with Crippen molar-refractivity contribution in [2.24, 2.45) is 0 Å². The number of aryl methyl sites for hydroxylation is 1. The first-order valence-corrected chi connectivity index (χ1v) is 6.30. The standard InChI is InChI=1S/C14H14N4O3/c1-11-5-2-6-12(13(11)18(20)21)14(19)17(9-3-7-15)10-4-8-16/h2,5-6H,3-4,9-10H2,1H3. The maximum absolute atomic E-state index is 12.4. The number of carbonyl (C=O) groups is 1. The van der Waals surface area contributed by atoms with Gasteiger partial charge in [-0.1, -0.05) is 12.1 Å². The van der Waals surface area contributed by atoms with E-state index in [1.54, 1.807) is 19.1 Å². The monoisotopic (exact) mass is 286 g/mol. The van der Waals surface area contributed by atoms with Crippen LogP contribution in [0.4, 0.5) is 5.69 Å². The number of nitro benzene ring substituents is 1. The van der Waals surface area contributed by atoms with Gasteiger partial charge in [0.05, 0.1) is 29.9 Å². The maximum Gasteiger partial charge on any atom is 0.285 e. The second-order valence-corrected chi connectivity index (χ2v) is 4.34. The summed E-state index contributed by atoms with van der Waals surface area (Å²) >= 11 is 0. The molecule has 0 saturated carbocycles. The molecule has 0 heterocycles. The van der Waals surface area contributed by atoms with Crippen molar-refractivity contribution < 1.29 is 9.72 Å². The number of benzene rings is 1. The molecule has 0 radical (unpaired) electrons. The Balaban J connectivity index is 3.15. The van der Waals surface area contributed by atoms with Crippen molar-refractivity contribution >= 4 is 11.6 Å². The first-order chi connectivity index (χ1) is 10.0. The zero-order valence-corrected chi connectivity index (χ0v) is 11.6. The number of amides is 1. The van der Waals surface area contributed by atoms with Crippen molar-refractivity contribution in [2.75, 3.05) is 13.1 Å². The Hall–Kier alpha value is -2.93. The fourth-order valence-corrected chi connectivity index (χ4v) is 1.93. The molecule has 1 amide bonds. The zero-order valence-electron chi connectivity index (χ0n) is 11.6. The van der Waals surface area contributed by atoms with E-state index in [9.17, 15) is 14.9 Å². The number of nitrogens with zero attached hydrogens (tertiary/aromatic N) is 4. The molecule has 21 heavy (non-hydrogen) atoms. The minimum absolute atomic E-state index is 0.0177. The molecule has 0 saturated heterocycles. The fourth-order valence-electron chi connectivity index (χ4n) is 1.93. The molecule has 0 spiro atoms. The third-order valence-electron chi connectivity index (χ3n) is 2.93. The maximum atomic E-state index is 12.4. The predicted molar refractivity (Wildman–Crippen MR) is 74.2 cm³/mol. The lowest BCUT2D eigenvalue weighted by atomic mass is 10.1. The first kappa shape index (κ1) is 16.1. The second-order valence-electron chi connectivity index (χ2n) is 4.34. The highest BCUT2D eigenvalue weighted by atomic mass is 16.6. The summed E-state index contributed by atoms with van der Waals surface area (Å²) in [5, 5.41) is 28.4. The Morgan fingerprint density at radius 1 is 1.29 bits per heavy atom. The molecule has 0 fully saturated rings.